The second kappa shape index (κ2) is 7.74. The average Bonchev–Trinajstić information content (AvgIpc) is 3.04. The Kier molecular flexibility index (Phi) is 5.41. The lowest BCUT2D eigenvalue weighted by Crippen LogP contribution is -2.11. The van der Waals surface area contributed by atoms with E-state index in [-0.39, 0.29) is 23.5 Å². The molecule has 0 amide bonds. The Balaban J connectivity index is 1.84. The van der Waals surface area contributed by atoms with E-state index in [0.29, 0.717) is 11.3 Å². The third kappa shape index (κ3) is 3.50. The van der Waals surface area contributed by atoms with Crippen LogP contribution < -0.4 is 4.74 Å². The van der Waals surface area contributed by atoms with Crippen molar-refractivity contribution in [2.75, 3.05) is 13.4 Å². The molecule has 1 heterocycles. The SMILES string of the molecule is COc1cc(SC)ccc1C(=O)OCc1nc2ccccc2n1C(F)F. The van der Waals surface area contributed by atoms with Crippen LogP contribution in [0.4, 0.5) is 8.78 Å². The molecule has 0 fully saturated rings. The van der Waals surface area contributed by atoms with E-state index in [2.05, 4.69) is 4.98 Å². The zero-order chi connectivity index (χ0) is 18.7. The number of ether oxygens (including phenoxy) is 2. The molecule has 0 radical (unpaired) electrons. The Morgan fingerprint density at radius 3 is 2.73 bits per heavy atom. The zero-order valence-corrected chi connectivity index (χ0v) is 14.9. The van der Waals surface area contributed by atoms with Crippen LogP contribution in [0.25, 0.3) is 11.0 Å². The molecular weight excluding hydrogens is 362 g/mol. The van der Waals surface area contributed by atoms with E-state index in [1.165, 1.54) is 18.9 Å². The summed E-state index contributed by atoms with van der Waals surface area (Å²) in [4.78, 5) is 17.4. The summed E-state index contributed by atoms with van der Waals surface area (Å²) < 4.78 is 38.0. The maximum absolute atomic E-state index is 13.4. The van der Waals surface area contributed by atoms with Crippen LogP contribution in [-0.4, -0.2) is 28.9 Å². The van der Waals surface area contributed by atoms with Crippen molar-refractivity contribution in [3.8, 4) is 5.75 Å². The highest BCUT2D eigenvalue weighted by atomic mass is 32.2. The molecule has 2 aromatic carbocycles. The first-order valence-electron chi connectivity index (χ1n) is 7.68. The lowest BCUT2D eigenvalue weighted by Gasteiger charge is -2.11. The molecule has 136 valence electrons. The summed E-state index contributed by atoms with van der Waals surface area (Å²) in [6, 6.07) is 11.6. The van der Waals surface area contributed by atoms with Gasteiger partial charge >= 0.3 is 12.5 Å². The Morgan fingerprint density at radius 2 is 2.04 bits per heavy atom. The number of hydrogen-bond acceptors (Lipinski definition) is 5. The number of nitrogens with zero attached hydrogens (tertiary/aromatic N) is 2. The van der Waals surface area contributed by atoms with Gasteiger partial charge in [0.15, 0.2) is 5.82 Å². The van der Waals surface area contributed by atoms with Crippen LogP contribution in [0.5, 0.6) is 5.75 Å². The van der Waals surface area contributed by atoms with Gasteiger partial charge in [-0.05, 0) is 36.6 Å². The van der Waals surface area contributed by atoms with E-state index in [1.807, 2.05) is 6.26 Å². The third-order valence-corrected chi connectivity index (χ3v) is 4.55. The van der Waals surface area contributed by atoms with E-state index in [4.69, 9.17) is 9.47 Å². The lowest BCUT2D eigenvalue weighted by molar-refractivity contribution is 0.0384. The molecule has 0 spiro atoms. The first kappa shape index (κ1) is 18.2. The largest absolute Gasteiger partial charge is 0.496 e. The maximum Gasteiger partial charge on any atom is 0.342 e. The van der Waals surface area contributed by atoms with Gasteiger partial charge in [0.25, 0.3) is 0 Å². The van der Waals surface area contributed by atoms with Crippen molar-refractivity contribution >= 4 is 28.8 Å². The van der Waals surface area contributed by atoms with Gasteiger partial charge in [-0.15, -0.1) is 11.8 Å². The molecule has 1 aromatic heterocycles. The van der Waals surface area contributed by atoms with Gasteiger partial charge in [0, 0.05) is 4.90 Å². The van der Waals surface area contributed by atoms with Crippen molar-refractivity contribution in [3.05, 3.63) is 53.9 Å². The fourth-order valence-electron chi connectivity index (χ4n) is 2.59. The van der Waals surface area contributed by atoms with Crippen molar-refractivity contribution in [2.24, 2.45) is 0 Å². The normalized spacial score (nSPS) is 11.1. The Morgan fingerprint density at radius 1 is 1.27 bits per heavy atom. The minimum atomic E-state index is -2.79. The van der Waals surface area contributed by atoms with Gasteiger partial charge in [-0.2, -0.15) is 8.78 Å². The molecule has 0 N–H and O–H groups in total. The molecule has 0 bridgehead atoms. The van der Waals surface area contributed by atoms with Crippen molar-refractivity contribution < 1.29 is 23.0 Å². The molecule has 26 heavy (non-hydrogen) atoms. The highest BCUT2D eigenvalue weighted by molar-refractivity contribution is 7.98. The summed E-state index contributed by atoms with van der Waals surface area (Å²) >= 11 is 1.51. The van der Waals surface area contributed by atoms with E-state index in [1.54, 1.807) is 42.5 Å². The van der Waals surface area contributed by atoms with Crippen LogP contribution >= 0.6 is 11.8 Å². The van der Waals surface area contributed by atoms with E-state index < -0.39 is 12.5 Å². The molecule has 0 aliphatic carbocycles. The summed E-state index contributed by atoms with van der Waals surface area (Å²) in [5.74, 6) is -0.319. The second-order valence-corrected chi connectivity index (χ2v) is 6.19. The number of methoxy groups -OCH3 is 1. The summed E-state index contributed by atoms with van der Waals surface area (Å²) in [6.45, 7) is -3.16. The van der Waals surface area contributed by atoms with Crippen LogP contribution in [0.1, 0.15) is 22.7 Å². The molecular formula is C18H16F2N2O3S. The number of carbonyl (C=O) groups is 1. The lowest BCUT2D eigenvalue weighted by atomic mass is 10.2. The molecule has 0 unspecified atom stereocenters. The smallest absolute Gasteiger partial charge is 0.342 e. The Hall–Kier alpha value is -2.61. The summed E-state index contributed by atoms with van der Waals surface area (Å²) in [5, 5.41) is 0. The van der Waals surface area contributed by atoms with Crippen LogP contribution in [0.3, 0.4) is 0 Å². The predicted molar refractivity (Wildman–Crippen MR) is 94.9 cm³/mol. The summed E-state index contributed by atoms with van der Waals surface area (Å²) in [7, 11) is 1.45. The van der Waals surface area contributed by atoms with Crippen LogP contribution in [0, 0.1) is 0 Å². The van der Waals surface area contributed by atoms with Crippen molar-refractivity contribution in [1.82, 2.24) is 9.55 Å². The van der Waals surface area contributed by atoms with Crippen molar-refractivity contribution in [1.29, 1.82) is 0 Å². The van der Waals surface area contributed by atoms with E-state index in [0.717, 1.165) is 9.46 Å². The van der Waals surface area contributed by atoms with Crippen molar-refractivity contribution in [2.45, 2.75) is 18.1 Å². The number of carbonyl (C=O) groups excluding carboxylic acids is 1. The number of benzene rings is 2. The van der Waals surface area contributed by atoms with Gasteiger partial charge in [0.2, 0.25) is 0 Å². The second-order valence-electron chi connectivity index (χ2n) is 5.31. The van der Waals surface area contributed by atoms with Gasteiger partial charge in [-0.25, -0.2) is 9.78 Å². The summed E-state index contributed by atoms with van der Waals surface area (Å²) in [6.07, 6.45) is 1.90. The zero-order valence-electron chi connectivity index (χ0n) is 14.1. The fourth-order valence-corrected chi connectivity index (χ4v) is 3.02. The Bertz CT molecular complexity index is 943. The number of para-hydroxylation sites is 2. The molecule has 0 atom stereocenters. The summed E-state index contributed by atoms with van der Waals surface area (Å²) in [5.41, 5.74) is 0.932. The Labute approximate surface area is 152 Å². The fraction of sp³-hybridized carbons (Fsp3) is 0.222. The third-order valence-electron chi connectivity index (χ3n) is 3.83. The van der Waals surface area contributed by atoms with E-state index in [9.17, 15) is 13.6 Å². The maximum atomic E-state index is 13.4. The number of esters is 1. The van der Waals surface area contributed by atoms with Gasteiger partial charge in [-0.3, -0.25) is 4.57 Å². The molecule has 0 saturated carbocycles. The molecule has 5 nitrogen and oxygen atoms in total. The number of imidazole rings is 1. The van der Waals surface area contributed by atoms with E-state index >= 15 is 0 Å². The van der Waals surface area contributed by atoms with Gasteiger partial charge < -0.3 is 9.47 Å². The standard InChI is InChI=1S/C18H16F2N2O3S/c1-24-15-9-11(26-2)7-8-12(15)17(23)25-10-16-21-13-5-3-4-6-14(13)22(16)18(19)20/h3-9,18H,10H2,1-2H3. The predicted octanol–water partition coefficient (Wildman–Crippen LogP) is 4.52. The molecule has 0 aliphatic rings. The van der Waals surface area contributed by atoms with Gasteiger partial charge in [0.05, 0.1) is 18.1 Å². The van der Waals surface area contributed by atoms with Crippen molar-refractivity contribution in [3.63, 3.8) is 0 Å². The van der Waals surface area contributed by atoms with Crippen LogP contribution in [-0.2, 0) is 11.3 Å². The molecule has 8 heteroatoms. The highest BCUT2D eigenvalue weighted by Gasteiger charge is 2.20. The van der Waals surface area contributed by atoms with Crippen LogP contribution in [0.15, 0.2) is 47.4 Å². The number of thioether (sulfide) groups is 1. The topological polar surface area (TPSA) is 53.4 Å². The molecule has 0 saturated heterocycles. The quantitative estimate of drug-likeness (QED) is 0.466. The number of alkyl halides is 2. The molecule has 3 rings (SSSR count). The number of rotatable bonds is 6. The van der Waals surface area contributed by atoms with Gasteiger partial charge in [-0.1, -0.05) is 12.1 Å². The van der Waals surface area contributed by atoms with Crippen LogP contribution in [0.2, 0.25) is 0 Å². The number of halogens is 2. The minimum absolute atomic E-state index is 0.0192. The minimum Gasteiger partial charge on any atom is -0.496 e. The first-order chi connectivity index (χ1) is 12.5. The number of hydrogen-bond donors (Lipinski definition) is 0. The monoisotopic (exact) mass is 378 g/mol. The highest BCUT2D eigenvalue weighted by Crippen LogP contribution is 2.27. The first-order valence-corrected chi connectivity index (χ1v) is 8.90. The molecule has 0 aliphatic heterocycles. The number of fused-ring (bicyclic) bond motifs is 1. The van der Waals surface area contributed by atoms with Gasteiger partial charge in [0.1, 0.15) is 17.9 Å². The average molecular weight is 378 g/mol. The molecule has 3 aromatic rings. The number of aromatic nitrogens is 2.